The van der Waals surface area contributed by atoms with Gasteiger partial charge in [-0.15, -0.1) is 0 Å². The molecule has 0 aliphatic rings. The Labute approximate surface area is 106 Å². The maximum Gasteiger partial charge on any atom is 0.101 e. The van der Waals surface area contributed by atoms with Gasteiger partial charge in [0, 0.05) is 11.1 Å². The molecule has 17 heavy (non-hydrogen) atoms. The van der Waals surface area contributed by atoms with Gasteiger partial charge in [-0.05, 0) is 42.7 Å². The van der Waals surface area contributed by atoms with Crippen molar-refractivity contribution in [3.8, 4) is 0 Å². The summed E-state index contributed by atoms with van der Waals surface area (Å²) in [7, 11) is 0. The highest BCUT2D eigenvalue weighted by Gasteiger charge is 2.03. The fourth-order valence-corrected chi connectivity index (χ4v) is 2.44. The van der Waals surface area contributed by atoms with E-state index in [4.69, 9.17) is 5.11 Å². The molecule has 0 saturated carbocycles. The van der Waals surface area contributed by atoms with Crippen LogP contribution in [-0.4, -0.2) is 10.1 Å². The van der Waals surface area contributed by atoms with Gasteiger partial charge in [0.2, 0.25) is 0 Å². The summed E-state index contributed by atoms with van der Waals surface area (Å²) in [5.74, 6) is 0. The predicted molar refractivity (Wildman–Crippen MR) is 70.2 cm³/mol. The number of nitrogens with zero attached hydrogens (tertiary/aromatic N) is 1. The van der Waals surface area contributed by atoms with Gasteiger partial charge in [-0.1, -0.05) is 30.0 Å². The first kappa shape index (κ1) is 12.1. The molecule has 0 radical (unpaired) electrons. The predicted octanol–water partition coefficient (Wildman–Crippen LogP) is 3.34. The lowest BCUT2D eigenvalue weighted by atomic mass is 10.2. The summed E-state index contributed by atoms with van der Waals surface area (Å²) < 4.78 is 0. The summed E-state index contributed by atoms with van der Waals surface area (Å²) >= 11 is 1.65. The van der Waals surface area contributed by atoms with Crippen molar-refractivity contribution < 1.29 is 5.11 Å². The van der Waals surface area contributed by atoms with Crippen LogP contribution in [0.1, 0.15) is 16.7 Å². The number of hydrogen-bond acceptors (Lipinski definition) is 3. The molecule has 1 aromatic carbocycles. The minimum Gasteiger partial charge on any atom is -0.392 e. The SMILES string of the molecule is Cc1ccc(C)c(Sc2ccc(CO)cn2)c1. The minimum absolute atomic E-state index is 0.0431. The molecule has 0 fully saturated rings. The molecular formula is C14H15NOS. The van der Waals surface area contributed by atoms with Gasteiger partial charge in [0.15, 0.2) is 0 Å². The second-order valence-electron chi connectivity index (χ2n) is 4.03. The van der Waals surface area contributed by atoms with Crippen molar-refractivity contribution in [1.82, 2.24) is 4.98 Å². The molecule has 0 atom stereocenters. The minimum atomic E-state index is 0.0431. The maximum atomic E-state index is 8.95. The van der Waals surface area contributed by atoms with Gasteiger partial charge >= 0.3 is 0 Å². The average molecular weight is 245 g/mol. The average Bonchev–Trinajstić information content (AvgIpc) is 2.35. The van der Waals surface area contributed by atoms with Gasteiger partial charge in [0.05, 0.1) is 6.61 Å². The third-order valence-corrected chi connectivity index (χ3v) is 3.65. The third kappa shape index (κ3) is 3.08. The van der Waals surface area contributed by atoms with Gasteiger partial charge in [0.25, 0.3) is 0 Å². The van der Waals surface area contributed by atoms with Crippen molar-refractivity contribution in [1.29, 1.82) is 0 Å². The highest BCUT2D eigenvalue weighted by molar-refractivity contribution is 7.99. The van der Waals surface area contributed by atoms with Crippen molar-refractivity contribution in [2.45, 2.75) is 30.4 Å². The highest BCUT2D eigenvalue weighted by atomic mass is 32.2. The van der Waals surface area contributed by atoms with Crippen molar-refractivity contribution >= 4 is 11.8 Å². The molecule has 1 heterocycles. The molecule has 1 N–H and O–H groups in total. The molecule has 0 unspecified atom stereocenters. The lowest BCUT2D eigenvalue weighted by Crippen LogP contribution is -1.87. The molecule has 88 valence electrons. The van der Waals surface area contributed by atoms with Crippen LogP contribution in [0.2, 0.25) is 0 Å². The largest absolute Gasteiger partial charge is 0.392 e. The number of aliphatic hydroxyl groups excluding tert-OH is 1. The summed E-state index contributed by atoms with van der Waals surface area (Å²) in [6.07, 6.45) is 1.72. The van der Waals surface area contributed by atoms with Crippen LogP contribution >= 0.6 is 11.8 Å². The molecule has 2 aromatic rings. The van der Waals surface area contributed by atoms with Gasteiger partial charge in [-0.2, -0.15) is 0 Å². The number of aliphatic hydroxyl groups is 1. The lowest BCUT2D eigenvalue weighted by Gasteiger charge is -2.06. The Morgan fingerprint density at radius 1 is 1.18 bits per heavy atom. The quantitative estimate of drug-likeness (QED) is 0.900. The van der Waals surface area contributed by atoms with E-state index in [1.54, 1.807) is 18.0 Å². The summed E-state index contributed by atoms with van der Waals surface area (Å²) in [4.78, 5) is 5.55. The van der Waals surface area contributed by atoms with Crippen LogP contribution in [0.15, 0.2) is 46.5 Å². The zero-order chi connectivity index (χ0) is 12.3. The van der Waals surface area contributed by atoms with E-state index in [-0.39, 0.29) is 6.61 Å². The van der Waals surface area contributed by atoms with E-state index in [1.165, 1.54) is 16.0 Å². The zero-order valence-corrected chi connectivity index (χ0v) is 10.8. The molecule has 0 saturated heterocycles. The first-order chi connectivity index (χ1) is 8.19. The van der Waals surface area contributed by atoms with E-state index in [0.29, 0.717) is 0 Å². The Bertz CT molecular complexity index is 508. The van der Waals surface area contributed by atoms with Gasteiger partial charge in [0.1, 0.15) is 5.03 Å². The number of rotatable bonds is 3. The van der Waals surface area contributed by atoms with Crippen LogP contribution in [0.25, 0.3) is 0 Å². The number of aryl methyl sites for hydroxylation is 2. The molecular weight excluding hydrogens is 230 g/mol. The molecule has 0 amide bonds. The van der Waals surface area contributed by atoms with Crippen LogP contribution in [0, 0.1) is 13.8 Å². The van der Waals surface area contributed by atoms with E-state index in [9.17, 15) is 0 Å². The van der Waals surface area contributed by atoms with Crippen LogP contribution in [0.4, 0.5) is 0 Å². The standard InChI is InChI=1S/C14H15NOS/c1-10-3-4-11(2)13(7-10)17-14-6-5-12(9-16)8-15-14/h3-8,16H,9H2,1-2H3. The Hall–Kier alpha value is -1.32. The molecule has 0 aliphatic heterocycles. The molecule has 2 rings (SSSR count). The van der Waals surface area contributed by atoms with Gasteiger partial charge in [-0.25, -0.2) is 4.98 Å². The molecule has 0 aliphatic carbocycles. The zero-order valence-electron chi connectivity index (χ0n) is 9.97. The monoisotopic (exact) mass is 245 g/mol. The second kappa shape index (κ2) is 5.34. The summed E-state index contributed by atoms with van der Waals surface area (Å²) in [5, 5.41) is 9.91. The number of hydrogen-bond donors (Lipinski definition) is 1. The normalized spacial score (nSPS) is 10.5. The summed E-state index contributed by atoms with van der Waals surface area (Å²) in [6, 6.07) is 10.3. The van der Waals surface area contributed by atoms with Crippen LogP contribution < -0.4 is 0 Å². The number of pyridine rings is 1. The van der Waals surface area contributed by atoms with E-state index < -0.39 is 0 Å². The Kier molecular flexibility index (Phi) is 3.82. The Balaban J connectivity index is 2.22. The first-order valence-corrected chi connectivity index (χ1v) is 6.31. The lowest BCUT2D eigenvalue weighted by molar-refractivity contribution is 0.281. The summed E-state index contributed by atoms with van der Waals surface area (Å²) in [6.45, 7) is 4.23. The number of aromatic nitrogens is 1. The topological polar surface area (TPSA) is 33.1 Å². The summed E-state index contributed by atoms with van der Waals surface area (Å²) in [5.41, 5.74) is 3.36. The van der Waals surface area contributed by atoms with Crippen molar-refractivity contribution in [2.24, 2.45) is 0 Å². The smallest absolute Gasteiger partial charge is 0.101 e. The van der Waals surface area contributed by atoms with Crippen LogP contribution in [-0.2, 0) is 6.61 Å². The van der Waals surface area contributed by atoms with E-state index in [1.807, 2.05) is 12.1 Å². The van der Waals surface area contributed by atoms with Crippen LogP contribution in [0.3, 0.4) is 0 Å². The fraction of sp³-hybridized carbons (Fsp3) is 0.214. The molecule has 0 bridgehead atoms. The third-order valence-electron chi connectivity index (χ3n) is 2.54. The van der Waals surface area contributed by atoms with Crippen molar-refractivity contribution in [2.75, 3.05) is 0 Å². The van der Waals surface area contributed by atoms with E-state index in [2.05, 4.69) is 37.0 Å². The maximum absolute atomic E-state index is 8.95. The molecule has 1 aromatic heterocycles. The second-order valence-corrected chi connectivity index (χ2v) is 5.10. The Morgan fingerprint density at radius 2 is 2.00 bits per heavy atom. The molecule has 3 heteroatoms. The van der Waals surface area contributed by atoms with E-state index >= 15 is 0 Å². The first-order valence-electron chi connectivity index (χ1n) is 5.50. The highest BCUT2D eigenvalue weighted by Crippen LogP contribution is 2.29. The fourth-order valence-electron chi connectivity index (χ4n) is 1.49. The molecule has 0 spiro atoms. The van der Waals surface area contributed by atoms with Gasteiger partial charge < -0.3 is 5.11 Å². The van der Waals surface area contributed by atoms with Gasteiger partial charge in [-0.3, -0.25) is 0 Å². The Morgan fingerprint density at radius 3 is 2.65 bits per heavy atom. The van der Waals surface area contributed by atoms with Crippen molar-refractivity contribution in [3.63, 3.8) is 0 Å². The van der Waals surface area contributed by atoms with Crippen LogP contribution in [0.5, 0.6) is 0 Å². The van der Waals surface area contributed by atoms with Crippen molar-refractivity contribution in [3.05, 3.63) is 53.2 Å². The van der Waals surface area contributed by atoms with E-state index in [0.717, 1.165) is 10.6 Å². The molecule has 2 nitrogen and oxygen atoms in total. The number of benzene rings is 1.